The van der Waals surface area contributed by atoms with Crippen molar-refractivity contribution in [3.05, 3.63) is 83.9 Å². The lowest BCUT2D eigenvalue weighted by Gasteiger charge is -2.10. The number of phenolic OH excluding ortho intramolecular Hbond substituents is 1. The number of carbonyl (C=O) groups excluding carboxylic acids is 1. The summed E-state index contributed by atoms with van der Waals surface area (Å²) in [6.45, 7) is 0. The molecule has 1 amide bonds. The van der Waals surface area contributed by atoms with Crippen molar-refractivity contribution in [1.29, 1.82) is 0 Å². The van der Waals surface area contributed by atoms with Crippen LogP contribution in [0.5, 0.6) is 17.2 Å². The Hall–Kier alpha value is -3.80. The van der Waals surface area contributed by atoms with E-state index in [9.17, 15) is 14.7 Å². The molecule has 0 atom stereocenters. The van der Waals surface area contributed by atoms with E-state index < -0.39 is 11.9 Å². The van der Waals surface area contributed by atoms with Crippen LogP contribution in [0.3, 0.4) is 0 Å². The highest BCUT2D eigenvalue weighted by Gasteiger charge is 2.13. The SMILES string of the molecule is O=C(O)c1ccc(O)c(NC(=O)c2cccc(Oc3ccccc3)c2)c1. The van der Waals surface area contributed by atoms with E-state index in [2.05, 4.69) is 5.32 Å². The lowest BCUT2D eigenvalue weighted by atomic mass is 10.1. The van der Waals surface area contributed by atoms with E-state index in [1.54, 1.807) is 36.4 Å². The number of benzene rings is 3. The maximum atomic E-state index is 12.4. The van der Waals surface area contributed by atoms with Crippen molar-refractivity contribution in [2.45, 2.75) is 0 Å². The lowest BCUT2D eigenvalue weighted by Crippen LogP contribution is -2.12. The molecule has 0 heterocycles. The molecule has 3 N–H and O–H groups in total. The van der Waals surface area contributed by atoms with Crippen molar-refractivity contribution in [2.24, 2.45) is 0 Å². The van der Waals surface area contributed by atoms with Gasteiger partial charge in [-0.15, -0.1) is 0 Å². The maximum Gasteiger partial charge on any atom is 0.335 e. The zero-order valence-corrected chi connectivity index (χ0v) is 13.5. The molecule has 0 unspecified atom stereocenters. The van der Waals surface area contributed by atoms with Crippen LogP contribution < -0.4 is 10.1 Å². The van der Waals surface area contributed by atoms with Gasteiger partial charge in [-0.3, -0.25) is 4.79 Å². The summed E-state index contributed by atoms with van der Waals surface area (Å²) in [4.78, 5) is 23.5. The highest BCUT2D eigenvalue weighted by atomic mass is 16.5. The Morgan fingerprint density at radius 1 is 0.808 bits per heavy atom. The van der Waals surface area contributed by atoms with E-state index in [1.807, 2.05) is 18.2 Å². The fourth-order valence-electron chi connectivity index (χ4n) is 2.29. The van der Waals surface area contributed by atoms with Crippen molar-refractivity contribution in [1.82, 2.24) is 0 Å². The van der Waals surface area contributed by atoms with Crippen LogP contribution in [0.2, 0.25) is 0 Å². The summed E-state index contributed by atoms with van der Waals surface area (Å²) in [6, 6.07) is 19.3. The minimum atomic E-state index is -1.15. The van der Waals surface area contributed by atoms with E-state index in [1.165, 1.54) is 18.2 Å². The molecule has 3 aromatic rings. The number of para-hydroxylation sites is 1. The molecule has 0 saturated carbocycles. The van der Waals surface area contributed by atoms with Crippen molar-refractivity contribution >= 4 is 17.6 Å². The quantitative estimate of drug-likeness (QED) is 0.602. The van der Waals surface area contributed by atoms with E-state index in [-0.39, 0.29) is 17.0 Å². The first-order chi connectivity index (χ1) is 12.5. The van der Waals surface area contributed by atoms with Gasteiger partial charge in [0.15, 0.2) is 0 Å². The van der Waals surface area contributed by atoms with E-state index in [0.717, 1.165) is 0 Å². The third kappa shape index (κ3) is 3.99. The smallest absolute Gasteiger partial charge is 0.335 e. The average Bonchev–Trinajstić information content (AvgIpc) is 2.64. The minimum absolute atomic E-state index is 0.0179. The largest absolute Gasteiger partial charge is 0.506 e. The second-order valence-electron chi connectivity index (χ2n) is 5.43. The topological polar surface area (TPSA) is 95.9 Å². The number of phenols is 1. The molecule has 6 heteroatoms. The number of aromatic hydroxyl groups is 1. The summed E-state index contributed by atoms with van der Waals surface area (Å²) in [5.41, 5.74) is 0.280. The van der Waals surface area contributed by atoms with Gasteiger partial charge in [0, 0.05) is 5.56 Å². The molecule has 130 valence electrons. The average molecular weight is 349 g/mol. The molecule has 6 nitrogen and oxygen atoms in total. The van der Waals surface area contributed by atoms with Crippen molar-refractivity contribution in [2.75, 3.05) is 5.32 Å². The van der Waals surface area contributed by atoms with Crippen LogP contribution in [0.25, 0.3) is 0 Å². The molecule has 0 aliphatic rings. The Balaban J connectivity index is 1.79. The van der Waals surface area contributed by atoms with Gasteiger partial charge in [0.25, 0.3) is 5.91 Å². The van der Waals surface area contributed by atoms with Gasteiger partial charge >= 0.3 is 5.97 Å². The Morgan fingerprint density at radius 3 is 2.27 bits per heavy atom. The Morgan fingerprint density at radius 2 is 1.54 bits per heavy atom. The molecule has 26 heavy (non-hydrogen) atoms. The lowest BCUT2D eigenvalue weighted by molar-refractivity contribution is 0.0696. The number of ether oxygens (including phenoxy) is 1. The Labute approximate surface area is 149 Å². The number of hydrogen-bond acceptors (Lipinski definition) is 4. The van der Waals surface area contributed by atoms with Crippen molar-refractivity contribution < 1.29 is 24.5 Å². The maximum absolute atomic E-state index is 12.4. The van der Waals surface area contributed by atoms with Gasteiger partial charge in [-0.05, 0) is 48.5 Å². The number of hydrogen-bond donors (Lipinski definition) is 3. The molecule has 0 spiro atoms. The van der Waals surface area contributed by atoms with Crippen LogP contribution in [-0.4, -0.2) is 22.1 Å². The summed E-state index contributed by atoms with van der Waals surface area (Å²) >= 11 is 0. The fourth-order valence-corrected chi connectivity index (χ4v) is 2.29. The minimum Gasteiger partial charge on any atom is -0.506 e. The first kappa shape index (κ1) is 17.0. The third-order valence-corrected chi connectivity index (χ3v) is 3.57. The van der Waals surface area contributed by atoms with Crippen LogP contribution in [0.1, 0.15) is 20.7 Å². The standard InChI is InChI=1S/C20H15NO5/c22-18-10-9-14(20(24)25)12-17(18)21-19(23)13-5-4-8-16(11-13)26-15-6-2-1-3-7-15/h1-12,22H,(H,21,23)(H,24,25). The van der Waals surface area contributed by atoms with Crippen molar-refractivity contribution in [3.8, 4) is 17.2 Å². The normalized spacial score (nSPS) is 10.2. The zero-order valence-electron chi connectivity index (χ0n) is 13.5. The van der Waals surface area contributed by atoms with Gasteiger partial charge < -0.3 is 20.3 Å². The summed E-state index contributed by atoms with van der Waals surface area (Å²) in [5.74, 6) is -0.760. The number of rotatable bonds is 5. The molecule has 0 aromatic heterocycles. The summed E-state index contributed by atoms with van der Waals surface area (Å²) in [6.07, 6.45) is 0. The van der Waals surface area contributed by atoms with Gasteiger partial charge in [-0.2, -0.15) is 0 Å². The molecule has 0 bridgehead atoms. The summed E-state index contributed by atoms with van der Waals surface area (Å²) in [7, 11) is 0. The second kappa shape index (κ2) is 7.40. The van der Waals surface area contributed by atoms with Gasteiger partial charge in [0.2, 0.25) is 0 Å². The highest BCUT2D eigenvalue weighted by molar-refractivity contribution is 6.05. The van der Waals surface area contributed by atoms with Gasteiger partial charge in [-0.25, -0.2) is 4.79 Å². The first-order valence-electron chi connectivity index (χ1n) is 7.73. The monoisotopic (exact) mass is 349 g/mol. The fraction of sp³-hybridized carbons (Fsp3) is 0. The molecule has 3 aromatic carbocycles. The van der Waals surface area contributed by atoms with Crippen LogP contribution in [-0.2, 0) is 0 Å². The molecular weight excluding hydrogens is 334 g/mol. The number of nitrogens with one attached hydrogen (secondary N) is 1. The van der Waals surface area contributed by atoms with Crippen LogP contribution >= 0.6 is 0 Å². The van der Waals surface area contributed by atoms with Gasteiger partial charge in [0.1, 0.15) is 17.2 Å². The number of anilines is 1. The summed E-state index contributed by atoms with van der Waals surface area (Å²) < 4.78 is 5.69. The van der Waals surface area contributed by atoms with E-state index >= 15 is 0 Å². The molecule has 0 fully saturated rings. The van der Waals surface area contributed by atoms with Crippen LogP contribution in [0.15, 0.2) is 72.8 Å². The van der Waals surface area contributed by atoms with Crippen LogP contribution in [0.4, 0.5) is 5.69 Å². The number of carboxylic acid groups (broad SMARTS) is 1. The Bertz CT molecular complexity index is 953. The Kier molecular flexibility index (Phi) is 4.85. The molecule has 0 aliphatic carbocycles. The molecular formula is C20H15NO5. The predicted molar refractivity (Wildman–Crippen MR) is 96.0 cm³/mol. The summed E-state index contributed by atoms with van der Waals surface area (Å²) in [5, 5.41) is 21.4. The number of amides is 1. The van der Waals surface area contributed by atoms with Crippen LogP contribution in [0, 0.1) is 0 Å². The highest BCUT2D eigenvalue weighted by Crippen LogP contribution is 2.26. The molecule has 0 aliphatic heterocycles. The van der Waals surface area contributed by atoms with E-state index in [0.29, 0.717) is 17.1 Å². The van der Waals surface area contributed by atoms with Gasteiger partial charge in [0.05, 0.1) is 11.3 Å². The first-order valence-corrected chi connectivity index (χ1v) is 7.73. The zero-order chi connectivity index (χ0) is 18.5. The van der Waals surface area contributed by atoms with E-state index in [4.69, 9.17) is 9.84 Å². The van der Waals surface area contributed by atoms with Crippen molar-refractivity contribution in [3.63, 3.8) is 0 Å². The third-order valence-electron chi connectivity index (χ3n) is 3.57. The second-order valence-corrected chi connectivity index (χ2v) is 5.43. The predicted octanol–water partition coefficient (Wildman–Crippen LogP) is 4.14. The molecule has 3 rings (SSSR count). The number of carbonyl (C=O) groups is 2. The van der Waals surface area contributed by atoms with Gasteiger partial charge in [-0.1, -0.05) is 24.3 Å². The number of carboxylic acids is 1. The molecule has 0 saturated heterocycles. The molecule has 0 radical (unpaired) electrons. The number of aromatic carboxylic acids is 1.